The number of nitrogens with zero attached hydrogens (tertiary/aromatic N) is 3. The molecule has 0 radical (unpaired) electrons. The summed E-state index contributed by atoms with van der Waals surface area (Å²) in [7, 11) is 1.95. The van der Waals surface area contributed by atoms with Gasteiger partial charge in [0.2, 0.25) is 11.9 Å². The van der Waals surface area contributed by atoms with Crippen LogP contribution in [0, 0.1) is 0 Å². The number of alkyl halides is 1. The highest BCUT2D eigenvalue weighted by atomic mass is 19.1. The Morgan fingerprint density at radius 2 is 2.13 bits per heavy atom. The van der Waals surface area contributed by atoms with Crippen LogP contribution in [0.5, 0.6) is 0 Å². The molecule has 1 aromatic carbocycles. The molecule has 5 nitrogen and oxygen atoms in total. The van der Waals surface area contributed by atoms with E-state index in [2.05, 4.69) is 21.8 Å². The second kappa shape index (κ2) is 5.68. The molecule has 1 saturated heterocycles. The Kier molecular flexibility index (Phi) is 3.83. The maximum absolute atomic E-state index is 14.0. The van der Waals surface area contributed by atoms with Crippen molar-refractivity contribution >= 4 is 28.6 Å². The average molecular weight is 316 g/mol. The summed E-state index contributed by atoms with van der Waals surface area (Å²) in [6.07, 6.45) is 2.25. The molecule has 1 aliphatic rings. The first kappa shape index (κ1) is 15.5. The summed E-state index contributed by atoms with van der Waals surface area (Å²) in [5.74, 6) is 0.585. The minimum absolute atomic E-state index is 0.251. The number of nitrogens with one attached hydrogen (secondary N) is 1. The normalized spacial score (nSPS) is 17.3. The van der Waals surface area contributed by atoms with E-state index >= 15 is 0 Å². The first-order valence-corrected chi connectivity index (χ1v) is 7.73. The van der Waals surface area contributed by atoms with Crippen molar-refractivity contribution < 1.29 is 9.18 Å². The molecule has 1 fully saturated rings. The number of fused-ring (bicyclic) bond motifs is 1. The number of amides is 1. The van der Waals surface area contributed by atoms with E-state index in [0.29, 0.717) is 31.6 Å². The molecule has 2 heterocycles. The second-order valence-corrected chi connectivity index (χ2v) is 6.27. The quantitative estimate of drug-likeness (QED) is 0.886. The lowest BCUT2D eigenvalue weighted by Crippen LogP contribution is -2.41. The third-order valence-corrected chi connectivity index (χ3v) is 4.40. The maximum Gasteiger partial charge on any atom is 0.247 e. The van der Waals surface area contributed by atoms with E-state index in [1.54, 1.807) is 6.92 Å². The van der Waals surface area contributed by atoms with Gasteiger partial charge in [-0.25, -0.2) is 9.37 Å². The Morgan fingerprint density at radius 3 is 2.78 bits per heavy atom. The van der Waals surface area contributed by atoms with Gasteiger partial charge in [-0.15, -0.1) is 0 Å². The van der Waals surface area contributed by atoms with Crippen molar-refractivity contribution in [3.63, 3.8) is 0 Å². The van der Waals surface area contributed by atoms with Crippen LogP contribution in [0.15, 0.2) is 30.9 Å². The molecule has 0 spiro atoms. The molecular formula is C17H21FN4O. The predicted molar refractivity (Wildman–Crippen MR) is 90.5 cm³/mol. The lowest BCUT2D eigenvalue weighted by atomic mass is 9.96. The first-order valence-electron chi connectivity index (χ1n) is 7.73. The number of benzene rings is 1. The third kappa shape index (κ3) is 3.06. The Morgan fingerprint density at radius 1 is 1.43 bits per heavy atom. The van der Waals surface area contributed by atoms with E-state index in [-0.39, 0.29) is 5.91 Å². The predicted octanol–water partition coefficient (Wildman–Crippen LogP) is 3.03. The van der Waals surface area contributed by atoms with E-state index in [1.165, 1.54) is 6.08 Å². The van der Waals surface area contributed by atoms with E-state index in [4.69, 9.17) is 0 Å². The summed E-state index contributed by atoms with van der Waals surface area (Å²) in [5, 5.41) is 2.73. The van der Waals surface area contributed by atoms with Crippen molar-refractivity contribution in [3.8, 4) is 0 Å². The van der Waals surface area contributed by atoms with Gasteiger partial charge in [-0.05, 0) is 44.0 Å². The van der Waals surface area contributed by atoms with Crippen LogP contribution in [0.3, 0.4) is 0 Å². The van der Waals surface area contributed by atoms with Gasteiger partial charge in [0.15, 0.2) is 0 Å². The molecule has 1 N–H and O–H groups in total. The molecule has 0 saturated carbocycles. The van der Waals surface area contributed by atoms with Crippen LogP contribution in [0.2, 0.25) is 0 Å². The van der Waals surface area contributed by atoms with Crippen molar-refractivity contribution in [2.24, 2.45) is 7.05 Å². The molecule has 0 atom stereocenters. The van der Waals surface area contributed by atoms with Gasteiger partial charge >= 0.3 is 0 Å². The number of aryl methyl sites for hydroxylation is 1. The maximum atomic E-state index is 14.0. The highest BCUT2D eigenvalue weighted by Gasteiger charge is 2.31. The topological polar surface area (TPSA) is 50.2 Å². The highest BCUT2D eigenvalue weighted by molar-refractivity contribution is 6.00. The molecule has 0 bridgehead atoms. The van der Waals surface area contributed by atoms with Gasteiger partial charge in [0.05, 0.1) is 11.0 Å². The number of hydrogen-bond acceptors (Lipinski definition) is 3. The first-order chi connectivity index (χ1) is 10.9. The van der Waals surface area contributed by atoms with Crippen molar-refractivity contribution in [2.45, 2.75) is 25.4 Å². The van der Waals surface area contributed by atoms with Gasteiger partial charge in [0.1, 0.15) is 5.67 Å². The third-order valence-electron chi connectivity index (χ3n) is 4.40. The van der Waals surface area contributed by atoms with Crippen LogP contribution >= 0.6 is 0 Å². The molecule has 1 aliphatic heterocycles. The second-order valence-electron chi connectivity index (χ2n) is 6.27. The van der Waals surface area contributed by atoms with Crippen LogP contribution in [-0.2, 0) is 11.8 Å². The zero-order valence-corrected chi connectivity index (χ0v) is 13.5. The van der Waals surface area contributed by atoms with Gasteiger partial charge in [-0.3, -0.25) is 4.79 Å². The number of carbonyl (C=O) groups excluding carboxylic acids is 1. The van der Waals surface area contributed by atoms with Crippen molar-refractivity contribution in [3.05, 3.63) is 30.9 Å². The summed E-state index contributed by atoms with van der Waals surface area (Å²) >= 11 is 0. The smallest absolute Gasteiger partial charge is 0.247 e. The van der Waals surface area contributed by atoms with Gasteiger partial charge in [0, 0.05) is 25.8 Å². The van der Waals surface area contributed by atoms with Crippen LogP contribution in [0.1, 0.15) is 19.8 Å². The number of aromatic nitrogens is 2. The summed E-state index contributed by atoms with van der Waals surface area (Å²) in [5.41, 5.74) is 1.38. The summed E-state index contributed by atoms with van der Waals surface area (Å²) in [4.78, 5) is 18.2. The number of carbonyl (C=O) groups is 1. The zero-order chi connectivity index (χ0) is 16.6. The SMILES string of the molecule is C=CC(=O)Nc1ccc2c(c1)nc(N1CCC(C)(F)CC1)n2C. The molecular weight excluding hydrogens is 295 g/mol. The summed E-state index contributed by atoms with van der Waals surface area (Å²) < 4.78 is 16.0. The number of halogens is 1. The average Bonchev–Trinajstić information content (AvgIpc) is 2.84. The van der Waals surface area contributed by atoms with Crippen LogP contribution < -0.4 is 10.2 Å². The van der Waals surface area contributed by atoms with E-state index < -0.39 is 5.67 Å². The molecule has 0 unspecified atom stereocenters. The number of piperidine rings is 1. The Labute approximate surface area is 134 Å². The fraction of sp³-hybridized carbons (Fsp3) is 0.412. The molecule has 6 heteroatoms. The molecule has 23 heavy (non-hydrogen) atoms. The number of anilines is 2. The molecule has 2 aromatic rings. The van der Waals surface area contributed by atoms with E-state index in [0.717, 1.165) is 17.0 Å². The number of imidazole rings is 1. The standard InChI is InChI=1S/C17H21FN4O/c1-4-15(23)19-12-5-6-14-13(11-12)20-16(21(14)3)22-9-7-17(2,18)8-10-22/h4-6,11H,1,7-10H2,2-3H3,(H,19,23). The Hall–Kier alpha value is -2.37. The van der Waals surface area contributed by atoms with Gasteiger partial charge in [-0.2, -0.15) is 0 Å². The van der Waals surface area contributed by atoms with Crippen LogP contribution in [-0.4, -0.2) is 34.2 Å². The molecule has 122 valence electrons. The molecule has 0 aliphatic carbocycles. The summed E-state index contributed by atoms with van der Waals surface area (Å²) in [6, 6.07) is 5.60. The Balaban J connectivity index is 1.89. The summed E-state index contributed by atoms with van der Waals surface area (Å²) in [6.45, 7) is 6.42. The van der Waals surface area contributed by atoms with Crippen LogP contribution in [0.25, 0.3) is 11.0 Å². The van der Waals surface area contributed by atoms with Gasteiger partial charge in [0.25, 0.3) is 0 Å². The highest BCUT2D eigenvalue weighted by Crippen LogP contribution is 2.30. The van der Waals surface area contributed by atoms with Gasteiger partial charge < -0.3 is 14.8 Å². The molecule has 3 rings (SSSR count). The lowest BCUT2D eigenvalue weighted by Gasteiger charge is -2.34. The molecule has 1 amide bonds. The molecule has 1 aromatic heterocycles. The van der Waals surface area contributed by atoms with E-state index in [1.807, 2.05) is 29.8 Å². The Bertz CT molecular complexity index is 755. The zero-order valence-electron chi connectivity index (χ0n) is 13.5. The lowest BCUT2D eigenvalue weighted by molar-refractivity contribution is -0.111. The van der Waals surface area contributed by atoms with E-state index in [9.17, 15) is 9.18 Å². The van der Waals surface area contributed by atoms with Crippen molar-refractivity contribution in [1.29, 1.82) is 0 Å². The number of rotatable bonds is 3. The monoisotopic (exact) mass is 316 g/mol. The van der Waals surface area contributed by atoms with Gasteiger partial charge in [-0.1, -0.05) is 6.58 Å². The largest absolute Gasteiger partial charge is 0.342 e. The van der Waals surface area contributed by atoms with Crippen molar-refractivity contribution in [2.75, 3.05) is 23.3 Å². The fourth-order valence-electron chi connectivity index (χ4n) is 2.91. The number of hydrogen-bond donors (Lipinski definition) is 1. The minimum atomic E-state index is -1.08. The minimum Gasteiger partial charge on any atom is -0.342 e. The van der Waals surface area contributed by atoms with Crippen LogP contribution in [0.4, 0.5) is 16.0 Å². The van der Waals surface area contributed by atoms with Crippen molar-refractivity contribution in [1.82, 2.24) is 9.55 Å². The fourth-order valence-corrected chi connectivity index (χ4v) is 2.91.